The minimum Gasteiger partial charge on any atom is -0.456 e. The number of rotatable bonds is 3. The Morgan fingerprint density at radius 2 is 0.898 bits per heavy atom. The Labute approximate surface area is 285 Å². The largest absolute Gasteiger partial charge is 0.456 e. The molecule has 0 N–H and O–H groups in total. The van der Waals surface area contributed by atoms with E-state index in [2.05, 4.69) is 146 Å². The van der Waals surface area contributed by atoms with E-state index in [0.29, 0.717) is 0 Å². The Kier molecular flexibility index (Phi) is 5.57. The number of fused-ring (bicyclic) bond motifs is 9. The van der Waals surface area contributed by atoms with Crippen LogP contribution < -0.4 is 0 Å². The second-order valence-corrected chi connectivity index (χ2v) is 13.8. The number of hydrogen-bond donors (Lipinski definition) is 0. The van der Waals surface area contributed by atoms with Gasteiger partial charge in [0.15, 0.2) is 0 Å². The fraction of sp³-hybridized carbons (Fsp3) is 0. The molecular weight excluding hydrogens is 617 g/mol. The number of thiophene rings is 1. The maximum Gasteiger partial charge on any atom is 0.144 e. The Bertz CT molecular complexity index is 3050. The molecule has 0 aliphatic rings. The second kappa shape index (κ2) is 10.2. The second-order valence-electron chi connectivity index (χ2n) is 12.8. The zero-order valence-corrected chi connectivity index (χ0v) is 27.1. The molecular formula is C46H26O2S. The van der Waals surface area contributed by atoms with Gasteiger partial charge in [-0.25, -0.2) is 0 Å². The molecule has 0 atom stereocenters. The molecule has 0 radical (unpaired) electrons. The monoisotopic (exact) mass is 642 g/mol. The summed E-state index contributed by atoms with van der Waals surface area (Å²) in [4.78, 5) is 0. The van der Waals surface area contributed by atoms with Gasteiger partial charge in [-0.3, -0.25) is 0 Å². The smallest absolute Gasteiger partial charge is 0.144 e. The summed E-state index contributed by atoms with van der Waals surface area (Å²) in [5.74, 6) is 0.872. The van der Waals surface area contributed by atoms with Crippen LogP contribution in [0.5, 0.6) is 0 Å². The van der Waals surface area contributed by atoms with Crippen LogP contribution in [0.3, 0.4) is 0 Å². The highest BCUT2D eigenvalue weighted by molar-refractivity contribution is 7.25. The van der Waals surface area contributed by atoms with Gasteiger partial charge in [0, 0.05) is 53.5 Å². The van der Waals surface area contributed by atoms with Crippen LogP contribution in [-0.2, 0) is 0 Å². The first-order valence-corrected chi connectivity index (χ1v) is 17.4. The van der Waals surface area contributed by atoms with Crippen molar-refractivity contribution in [3.05, 3.63) is 158 Å². The van der Waals surface area contributed by atoms with Gasteiger partial charge in [-0.05, 0) is 62.5 Å². The highest BCUT2D eigenvalue weighted by atomic mass is 32.1. The molecule has 0 aliphatic heterocycles. The first-order chi connectivity index (χ1) is 24.3. The molecule has 11 aromatic rings. The fourth-order valence-electron chi connectivity index (χ4n) is 7.95. The highest BCUT2D eigenvalue weighted by Gasteiger charge is 2.25. The summed E-state index contributed by atoms with van der Waals surface area (Å²) < 4.78 is 16.0. The minimum absolute atomic E-state index is 0.813. The first-order valence-electron chi connectivity index (χ1n) is 16.6. The molecule has 0 aliphatic carbocycles. The fourth-order valence-corrected chi connectivity index (χ4v) is 9.09. The van der Waals surface area contributed by atoms with Crippen molar-refractivity contribution in [1.82, 2.24) is 0 Å². The van der Waals surface area contributed by atoms with Gasteiger partial charge < -0.3 is 8.83 Å². The average Bonchev–Trinajstić information content (AvgIpc) is 3.83. The first kappa shape index (κ1) is 26.9. The van der Waals surface area contributed by atoms with Gasteiger partial charge in [0.05, 0.1) is 0 Å². The van der Waals surface area contributed by atoms with Crippen LogP contribution in [0.25, 0.3) is 108 Å². The van der Waals surface area contributed by atoms with E-state index in [0.717, 1.165) is 66.1 Å². The van der Waals surface area contributed by atoms with Gasteiger partial charge in [-0.15, -0.1) is 11.3 Å². The number of hydrogen-bond acceptors (Lipinski definition) is 3. The molecule has 49 heavy (non-hydrogen) atoms. The van der Waals surface area contributed by atoms with Crippen molar-refractivity contribution in [1.29, 1.82) is 0 Å². The van der Waals surface area contributed by atoms with Crippen molar-refractivity contribution in [2.24, 2.45) is 0 Å². The van der Waals surface area contributed by atoms with Gasteiger partial charge in [-0.2, -0.15) is 0 Å². The molecule has 3 heteroatoms. The Morgan fingerprint density at radius 1 is 0.306 bits per heavy atom. The van der Waals surface area contributed by atoms with Crippen LogP contribution in [0, 0.1) is 0 Å². The number of furan rings is 2. The van der Waals surface area contributed by atoms with Crippen molar-refractivity contribution in [3.63, 3.8) is 0 Å². The summed E-state index contributed by atoms with van der Waals surface area (Å²) >= 11 is 1.86. The third-order valence-corrected chi connectivity index (χ3v) is 11.2. The van der Waals surface area contributed by atoms with E-state index in [1.54, 1.807) is 0 Å². The van der Waals surface area contributed by atoms with Crippen LogP contribution in [0.2, 0.25) is 0 Å². The van der Waals surface area contributed by atoms with Crippen LogP contribution in [-0.4, -0.2) is 0 Å². The molecule has 0 amide bonds. The van der Waals surface area contributed by atoms with Gasteiger partial charge in [0.25, 0.3) is 0 Å². The lowest BCUT2D eigenvalue weighted by atomic mass is 9.86. The molecule has 0 spiro atoms. The van der Waals surface area contributed by atoms with Crippen LogP contribution in [0.1, 0.15) is 0 Å². The van der Waals surface area contributed by atoms with E-state index in [1.807, 2.05) is 23.5 Å². The van der Waals surface area contributed by atoms with E-state index < -0.39 is 0 Å². The van der Waals surface area contributed by atoms with Crippen molar-refractivity contribution >= 4 is 86.0 Å². The molecule has 0 saturated carbocycles. The maximum absolute atomic E-state index is 7.04. The lowest BCUT2D eigenvalue weighted by molar-refractivity contribution is 0.630. The summed E-state index contributed by atoms with van der Waals surface area (Å²) in [6.07, 6.45) is 0. The minimum atomic E-state index is 0.813. The summed E-state index contributed by atoms with van der Waals surface area (Å²) in [7, 11) is 0. The van der Waals surface area contributed by atoms with E-state index >= 15 is 0 Å². The Hall–Kier alpha value is -6.16. The lowest BCUT2D eigenvalue weighted by Crippen LogP contribution is -1.91. The molecule has 11 rings (SSSR count). The van der Waals surface area contributed by atoms with Crippen LogP contribution in [0.15, 0.2) is 167 Å². The van der Waals surface area contributed by atoms with Crippen LogP contribution >= 0.6 is 11.3 Å². The predicted octanol–water partition coefficient (Wildman–Crippen LogP) is 14.0. The Morgan fingerprint density at radius 3 is 1.65 bits per heavy atom. The third-order valence-electron chi connectivity index (χ3n) is 10.1. The molecule has 0 bridgehead atoms. The number of benzene rings is 8. The highest BCUT2D eigenvalue weighted by Crippen LogP contribution is 2.50. The molecule has 0 saturated heterocycles. The van der Waals surface area contributed by atoms with Gasteiger partial charge >= 0.3 is 0 Å². The SMILES string of the molecule is c1ccc(-c2c(-c3c4ccccc4c(-c4ccc5c(c4)sc4ccccc45)c4ccccc34)oc3cc4oc5ccccc5c4cc23)cc1. The lowest BCUT2D eigenvalue weighted by Gasteiger charge is -2.17. The average molecular weight is 643 g/mol. The molecule has 2 nitrogen and oxygen atoms in total. The predicted molar refractivity (Wildman–Crippen MR) is 208 cm³/mol. The van der Waals surface area contributed by atoms with Gasteiger partial charge in [-0.1, -0.05) is 127 Å². The molecule has 8 aromatic carbocycles. The van der Waals surface area contributed by atoms with Crippen molar-refractivity contribution in [2.45, 2.75) is 0 Å². The summed E-state index contributed by atoms with van der Waals surface area (Å²) in [5.41, 5.74) is 8.31. The molecule has 3 heterocycles. The van der Waals surface area contributed by atoms with Gasteiger partial charge in [0.1, 0.15) is 22.5 Å². The Balaban J connectivity index is 1.25. The van der Waals surface area contributed by atoms with E-state index in [1.165, 1.54) is 42.1 Å². The van der Waals surface area contributed by atoms with Gasteiger partial charge in [0.2, 0.25) is 0 Å². The standard InChI is InChI=1S/C46H26O2S/c1-2-12-27(13-3-1)44-37-25-36-29-14-8-10-20-38(29)47-39(36)26-40(37)48-46(44)45-34-18-6-4-16-32(34)43(33-17-5-7-19-35(33)45)28-22-23-31-30-15-9-11-21-41(30)49-42(31)24-28/h1-26H. The van der Waals surface area contributed by atoms with Crippen molar-refractivity contribution in [2.75, 3.05) is 0 Å². The summed E-state index contributed by atoms with van der Waals surface area (Å²) in [6, 6.07) is 56.5. The van der Waals surface area contributed by atoms with Crippen molar-refractivity contribution < 1.29 is 8.83 Å². The molecule has 0 fully saturated rings. The van der Waals surface area contributed by atoms with Crippen LogP contribution in [0.4, 0.5) is 0 Å². The zero-order chi connectivity index (χ0) is 32.1. The van der Waals surface area contributed by atoms with E-state index in [4.69, 9.17) is 8.83 Å². The number of para-hydroxylation sites is 1. The van der Waals surface area contributed by atoms with E-state index in [-0.39, 0.29) is 0 Å². The molecule has 0 unspecified atom stereocenters. The quantitative estimate of drug-likeness (QED) is 0.179. The third kappa shape index (κ3) is 3.88. The summed E-state index contributed by atoms with van der Waals surface area (Å²) in [6.45, 7) is 0. The topological polar surface area (TPSA) is 26.3 Å². The van der Waals surface area contributed by atoms with E-state index in [9.17, 15) is 0 Å². The summed E-state index contributed by atoms with van der Waals surface area (Å²) in [5, 5.41) is 10.6. The maximum atomic E-state index is 7.04. The normalized spacial score (nSPS) is 12.1. The molecule has 228 valence electrons. The van der Waals surface area contributed by atoms with Crippen molar-refractivity contribution in [3.8, 4) is 33.6 Å². The zero-order valence-electron chi connectivity index (χ0n) is 26.2. The molecule has 3 aromatic heterocycles.